The molecule has 3 aliphatic rings. The van der Waals surface area contributed by atoms with E-state index in [1.54, 1.807) is 19.1 Å². The normalized spacial score (nSPS) is 35.0. The minimum atomic E-state index is -4.74. The predicted molar refractivity (Wildman–Crippen MR) is 82.1 cm³/mol. The Bertz CT molecular complexity index is 935. The second-order valence-corrected chi connectivity index (χ2v) is 8.84. The van der Waals surface area contributed by atoms with Crippen molar-refractivity contribution in [1.29, 1.82) is 5.26 Å². The number of nitrogens with zero attached hydrogens (tertiary/aromatic N) is 2. The molecule has 3 aliphatic heterocycles. The molecular formula is C16H13F3N2O3S. The van der Waals surface area contributed by atoms with Crippen LogP contribution in [0.25, 0.3) is 0 Å². The third-order valence-corrected chi connectivity index (χ3v) is 7.99. The van der Waals surface area contributed by atoms with E-state index >= 15 is 0 Å². The monoisotopic (exact) mass is 370 g/mol. The van der Waals surface area contributed by atoms with Crippen molar-refractivity contribution in [1.82, 2.24) is 0 Å². The molecule has 0 aliphatic carbocycles. The van der Waals surface area contributed by atoms with Gasteiger partial charge in [0.2, 0.25) is 10.0 Å². The molecule has 25 heavy (non-hydrogen) atoms. The van der Waals surface area contributed by atoms with Crippen LogP contribution in [0.1, 0.15) is 18.1 Å². The molecule has 0 unspecified atom stereocenters. The van der Waals surface area contributed by atoms with Crippen molar-refractivity contribution in [3.8, 4) is 6.07 Å². The number of sulfonamides is 1. The zero-order valence-electron chi connectivity index (χ0n) is 13.0. The Balaban J connectivity index is 1.82. The molecule has 0 aromatic heterocycles. The fraction of sp³-hybridized carbons (Fsp3) is 0.438. The lowest BCUT2D eigenvalue weighted by atomic mass is 9.83. The fourth-order valence-electron chi connectivity index (χ4n) is 3.96. The molecule has 3 heterocycles. The fourth-order valence-corrected chi connectivity index (χ4v) is 6.21. The zero-order chi connectivity index (χ0) is 18.2. The summed E-state index contributed by atoms with van der Waals surface area (Å²) in [6.45, 7) is 1.63. The van der Waals surface area contributed by atoms with E-state index in [4.69, 9.17) is 10.00 Å². The molecule has 5 nitrogen and oxygen atoms in total. The molecule has 0 radical (unpaired) electrons. The second kappa shape index (κ2) is 4.77. The minimum Gasteiger partial charge on any atom is -0.365 e. The van der Waals surface area contributed by atoms with Crippen LogP contribution >= 0.6 is 0 Å². The van der Waals surface area contributed by atoms with Crippen molar-refractivity contribution in [3.63, 3.8) is 0 Å². The van der Waals surface area contributed by atoms with Crippen LogP contribution < -0.4 is 4.31 Å². The molecule has 4 rings (SSSR count). The van der Waals surface area contributed by atoms with Crippen molar-refractivity contribution < 1.29 is 26.3 Å². The molecule has 1 aromatic carbocycles. The Hall–Kier alpha value is -2.05. The van der Waals surface area contributed by atoms with Gasteiger partial charge >= 0.3 is 6.18 Å². The highest BCUT2D eigenvalue weighted by molar-refractivity contribution is 7.94. The van der Waals surface area contributed by atoms with Gasteiger partial charge in [0.05, 0.1) is 35.1 Å². The number of hydrogen-bond acceptors (Lipinski definition) is 4. The number of benzene rings is 1. The van der Waals surface area contributed by atoms with E-state index in [-0.39, 0.29) is 24.3 Å². The average Bonchev–Trinajstić information content (AvgIpc) is 3.17. The first-order valence-corrected chi connectivity index (χ1v) is 9.02. The smallest absolute Gasteiger partial charge is 0.365 e. The first kappa shape index (κ1) is 16.4. The number of ether oxygens (including phenoxy) is 1. The summed E-state index contributed by atoms with van der Waals surface area (Å²) in [6.07, 6.45) is -2.19. The van der Waals surface area contributed by atoms with Gasteiger partial charge in [-0.1, -0.05) is 12.2 Å². The van der Waals surface area contributed by atoms with Gasteiger partial charge in [-0.2, -0.15) is 18.4 Å². The molecule has 2 saturated heterocycles. The Labute approximate surface area is 142 Å². The van der Waals surface area contributed by atoms with Crippen LogP contribution in [0.15, 0.2) is 30.4 Å². The third-order valence-electron chi connectivity index (χ3n) is 5.40. The minimum absolute atomic E-state index is 0.0491. The summed E-state index contributed by atoms with van der Waals surface area (Å²) in [5.74, 6) is -0.350. The van der Waals surface area contributed by atoms with E-state index in [0.29, 0.717) is 0 Å². The summed E-state index contributed by atoms with van der Waals surface area (Å²) in [6, 6.07) is 4.48. The van der Waals surface area contributed by atoms with Crippen LogP contribution in [0.4, 0.5) is 18.9 Å². The molecule has 9 heteroatoms. The zero-order valence-corrected chi connectivity index (χ0v) is 13.8. The van der Waals surface area contributed by atoms with Crippen LogP contribution in [0.5, 0.6) is 0 Å². The van der Waals surface area contributed by atoms with Gasteiger partial charge in [0.15, 0.2) is 0 Å². The maximum absolute atomic E-state index is 13.2. The van der Waals surface area contributed by atoms with Gasteiger partial charge < -0.3 is 4.74 Å². The van der Waals surface area contributed by atoms with Gasteiger partial charge in [0, 0.05) is 12.5 Å². The lowest BCUT2D eigenvalue weighted by Gasteiger charge is -2.28. The number of alkyl halides is 3. The summed E-state index contributed by atoms with van der Waals surface area (Å²) in [7, 11) is -3.92. The molecule has 2 bridgehead atoms. The standard InChI is InChI=1S/C16H13F3N2O3S/c1-15-12(13-4-5-14(15)24-13)8-21(25(15,22)23)10-3-2-9(7-20)11(6-10)16(17,18)19/h2-6,12-14H,8H2,1H3/t12-,13-,14+,15-/m0/s1. The Morgan fingerprint density at radius 2 is 2.08 bits per heavy atom. The summed E-state index contributed by atoms with van der Waals surface area (Å²) in [4.78, 5) is 0. The van der Waals surface area contributed by atoms with Crippen LogP contribution in [0, 0.1) is 17.2 Å². The largest absolute Gasteiger partial charge is 0.417 e. The van der Waals surface area contributed by atoms with Crippen LogP contribution in [-0.4, -0.2) is 31.9 Å². The van der Waals surface area contributed by atoms with E-state index in [0.717, 1.165) is 16.4 Å². The molecule has 132 valence electrons. The summed E-state index contributed by atoms with van der Waals surface area (Å²) >= 11 is 0. The van der Waals surface area contributed by atoms with Gasteiger partial charge in [-0.25, -0.2) is 8.42 Å². The van der Waals surface area contributed by atoms with Crippen molar-refractivity contribution in [3.05, 3.63) is 41.5 Å². The molecule has 0 spiro atoms. The van der Waals surface area contributed by atoms with E-state index in [1.165, 1.54) is 12.1 Å². The highest BCUT2D eigenvalue weighted by Crippen LogP contribution is 2.53. The Morgan fingerprint density at radius 1 is 1.36 bits per heavy atom. The second-order valence-electron chi connectivity index (χ2n) is 6.57. The maximum Gasteiger partial charge on any atom is 0.417 e. The van der Waals surface area contributed by atoms with E-state index in [9.17, 15) is 21.6 Å². The van der Waals surface area contributed by atoms with E-state index in [1.807, 2.05) is 0 Å². The summed E-state index contributed by atoms with van der Waals surface area (Å²) < 4.78 is 71.2. The quantitative estimate of drug-likeness (QED) is 0.712. The lowest BCUT2D eigenvalue weighted by Crippen LogP contribution is -2.46. The molecule has 4 atom stereocenters. The van der Waals surface area contributed by atoms with Gasteiger partial charge in [0.25, 0.3) is 0 Å². The van der Waals surface area contributed by atoms with Crippen molar-refractivity contribution in [2.24, 2.45) is 5.92 Å². The predicted octanol–water partition coefficient (Wildman–Crippen LogP) is 2.44. The number of nitriles is 1. The van der Waals surface area contributed by atoms with Crippen LogP contribution in [0.2, 0.25) is 0 Å². The molecular weight excluding hydrogens is 357 g/mol. The molecule has 0 amide bonds. The molecule has 0 N–H and O–H groups in total. The summed E-state index contributed by atoms with van der Waals surface area (Å²) in [5, 5.41) is 8.88. The number of hydrogen-bond donors (Lipinski definition) is 0. The SMILES string of the molecule is C[C@@]12[C@H]3C=C[C@H](O3)[C@@H]1CN(c1ccc(C#N)c(C(F)(F)F)c1)S2(=O)=O. The topological polar surface area (TPSA) is 70.4 Å². The number of anilines is 1. The number of rotatable bonds is 1. The van der Waals surface area contributed by atoms with Gasteiger partial charge in [0.1, 0.15) is 4.75 Å². The lowest BCUT2D eigenvalue weighted by molar-refractivity contribution is -0.137. The van der Waals surface area contributed by atoms with Gasteiger partial charge in [-0.15, -0.1) is 0 Å². The Morgan fingerprint density at radius 3 is 2.68 bits per heavy atom. The Kier molecular flexibility index (Phi) is 3.13. The molecule has 1 aromatic rings. The van der Waals surface area contributed by atoms with Crippen LogP contribution in [0.3, 0.4) is 0 Å². The van der Waals surface area contributed by atoms with Crippen molar-refractivity contribution >= 4 is 15.7 Å². The highest BCUT2D eigenvalue weighted by Gasteiger charge is 2.68. The maximum atomic E-state index is 13.2. The average molecular weight is 370 g/mol. The number of fused-ring (bicyclic) bond motifs is 5. The van der Waals surface area contributed by atoms with Crippen molar-refractivity contribution in [2.75, 3.05) is 10.8 Å². The van der Waals surface area contributed by atoms with Gasteiger partial charge in [-0.05, 0) is 25.1 Å². The van der Waals surface area contributed by atoms with Gasteiger partial charge in [-0.3, -0.25) is 4.31 Å². The number of halogens is 3. The molecule has 2 fully saturated rings. The van der Waals surface area contributed by atoms with Crippen molar-refractivity contribution in [2.45, 2.75) is 30.1 Å². The van der Waals surface area contributed by atoms with Crippen LogP contribution in [-0.2, 0) is 20.9 Å². The van der Waals surface area contributed by atoms with E-state index in [2.05, 4.69) is 0 Å². The van der Waals surface area contributed by atoms with E-state index < -0.39 is 38.2 Å². The summed E-state index contributed by atoms with van der Waals surface area (Å²) in [5.41, 5.74) is -1.76. The third kappa shape index (κ3) is 1.95. The highest BCUT2D eigenvalue weighted by atomic mass is 32.2. The first-order valence-electron chi connectivity index (χ1n) is 7.58. The molecule has 0 saturated carbocycles. The first-order chi connectivity index (χ1) is 11.6.